The van der Waals surface area contributed by atoms with E-state index >= 15 is 0 Å². The van der Waals surface area contributed by atoms with Crippen LogP contribution in [0.25, 0.3) is 0 Å². The third kappa shape index (κ3) is 4.38. The fraction of sp³-hybridized carbons (Fsp3) is 0.400. The number of benzene rings is 1. The summed E-state index contributed by atoms with van der Waals surface area (Å²) in [7, 11) is 0. The molecule has 0 spiro atoms. The van der Waals surface area contributed by atoms with E-state index in [1.807, 2.05) is 19.1 Å². The van der Waals surface area contributed by atoms with E-state index in [1.165, 1.54) is 0 Å². The van der Waals surface area contributed by atoms with Gasteiger partial charge >= 0.3 is 0 Å². The van der Waals surface area contributed by atoms with Gasteiger partial charge in [-0.2, -0.15) is 0 Å². The van der Waals surface area contributed by atoms with Gasteiger partial charge in [-0.15, -0.1) is 0 Å². The number of aromatic amines is 1. The van der Waals surface area contributed by atoms with Gasteiger partial charge in [0.15, 0.2) is 5.15 Å². The minimum Gasteiger partial charge on any atom is -0.378 e. The van der Waals surface area contributed by atoms with Crippen molar-refractivity contribution < 1.29 is 0 Å². The Bertz CT molecular complexity index is 626. The van der Waals surface area contributed by atoms with Crippen LogP contribution in [0, 0.1) is 6.92 Å². The molecule has 0 unspecified atom stereocenters. The summed E-state index contributed by atoms with van der Waals surface area (Å²) in [6.45, 7) is 4.71. The van der Waals surface area contributed by atoms with Crippen molar-refractivity contribution in [1.82, 2.24) is 9.97 Å². The highest BCUT2D eigenvalue weighted by molar-refractivity contribution is 9.10. The first kappa shape index (κ1) is 16.7. The Morgan fingerprint density at radius 1 is 1.33 bits per heavy atom. The van der Waals surface area contributed by atoms with Gasteiger partial charge in [0.25, 0.3) is 0 Å². The monoisotopic (exact) mass is 389 g/mol. The maximum absolute atomic E-state index is 6.17. The molecule has 1 aromatic heterocycles. The lowest BCUT2D eigenvalue weighted by atomic mass is 10.2. The van der Waals surface area contributed by atoms with E-state index in [9.17, 15) is 0 Å². The molecule has 1 aromatic carbocycles. The second-order valence-corrected chi connectivity index (χ2v) is 6.61. The number of nitrogens with one attached hydrogen (secondary N) is 2. The van der Waals surface area contributed by atoms with Crippen molar-refractivity contribution in [3.05, 3.63) is 43.9 Å². The molecule has 0 saturated heterocycles. The molecule has 0 aliphatic rings. The molecule has 0 radical (unpaired) electrons. The summed E-state index contributed by atoms with van der Waals surface area (Å²) in [5, 5.41) is 4.59. The van der Waals surface area contributed by atoms with E-state index < -0.39 is 0 Å². The van der Waals surface area contributed by atoms with Gasteiger partial charge < -0.3 is 10.3 Å². The van der Waals surface area contributed by atoms with Gasteiger partial charge in [0, 0.05) is 15.9 Å². The molecule has 0 bridgehead atoms. The highest BCUT2D eigenvalue weighted by Gasteiger charge is 2.09. The van der Waals surface area contributed by atoms with E-state index in [4.69, 9.17) is 23.2 Å². The smallest absolute Gasteiger partial charge is 0.152 e. The van der Waals surface area contributed by atoms with Crippen LogP contribution in [0.15, 0.2) is 16.6 Å². The topological polar surface area (TPSA) is 40.7 Å². The Kier molecular flexibility index (Phi) is 5.97. The fourth-order valence-corrected chi connectivity index (χ4v) is 2.96. The predicted molar refractivity (Wildman–Crippen MR) is 93.4 cm³/mol. The molecule has 0 aliphatic carbocycles. The minimum atomic E-state index is 0.530. The van der Waals surface area contributed by atoms with Crippen LogP contribution in [0.1, 0.15) is 36.8 Å². The molecule has 1 heterocycles. The van der Waals surface area contributed by atoms with Gasteiger partial charge in [-0.1, -0.05) is 36.5 Å². The number of rotatable bonds is 6. The standard InChI is InChI=1S/C15H18BrCl2N3/c1-3-4-5-14-20-13(15(18)21-14)8-19-12-7-11(17)9(2)6-10(12)16/h6-7,19H,3-5,8H2,1-2H3,(H,20,21). The molecular formula is C15H18BrCl2N3. The molecule has 0 atom stereocenters. The number of unbranched alkanes of at least 4 members (excludes halogenated alkanes) is 1. The van der Waals surface area contributed by atoms with E-state index in [0.717, 1.165) is 51.5 Å². The van der Waals surface area contributed by atoms with Crippen LogP contribution in [0.5, 0.6) is 0 Å². The van der Waals surface area contributed by atoms with Gasteiger partial charge in [0.05, 0.1) is 17.9 Å². The van der Waals surface area contributed by atoms with Gasteiger partial charge in [-0.05, 0) is 47.0 Å². The molecule has 0 amide bonds. The minimum absolute atomic E-state index is 0.530. The Morgan fingerprint density at radius 3 is 2.81 bits per heavy atom. The highest BCUT2D eigenvalue weighted by Crippen LogP contribution is 2.29. The van der Waals surface area contributed by atoms with Gasteiger partial charge in [-0.25, -0.2) is 4.98 Å². The van der Waals surface area contributed by atoms with Gasteiger partial charge in [0.2, 0.25) is 0 Å². The Morgan fingerprint density at radius 2 is 2.10 bits per heavy atom. The molecule has 2 rings (SSSR count). The van der Waals surface area contributed by atoms with Gasteiger partial charge in [0.1, 0.15) is 5.82 Å². The Balaban J connectivity index is 2.06. The zero-order valence-electron chi connectivity index (χ0n) is 12.1. The molecule has 6 heteroatoms. The fourth-order valence-electron chi connectivity index (χ4n) is 1.98. The number of anilines is 1. The van der Waals surface area contributed by atoms with Crippen LogP contribution in [0.4, 0.5) is 5.69 Å². The number of aromatic nitrogens is 2. The number of halogens is 3. The van der Waals surface area contributed by atoms with Crippen LogP contribution in [-0.4, -0.2) is 9.97 Å². The lowest BCUT2D eigenvalue weighted by molar-refractivity contribution is 0.760. The SMILES string of the molecule is CCCCc1nc(Cl)c(CNc2cc(Cl)c(C)cc2Br)[nH]1. The summed E-state index contributed by atoms with van der Waals surface area (Å²) in [6.07, 6.45) is 3.17. The van der Waals surface area contributed by atoms with E-state index in [0.29, 0.717) is 11.7 Å². The van der Waals surface area contributed by atoms with E-state index in [2.05, 4.69) is 38.1 Å². The highest BCUT2D eigenvalue weighted by atomic mass is 79.9. The Labute approximate surface area is 143 Å². The largest absolute Gasteiger partial charge is 0.378 e. The summed E-state index contributed by atoms with van der Waals surface area (Å²) >= 11 is 15.9. The van der Waals surface area contributed by atoms with Crippen LogP contribution in [0.2, 0.25) is 10.2 Å². The second kappa shape index (κ2) is 7.52. The molecule has 0 fully saturated rings. The first-order valence-corrected chi connectivity index (χ1v) is 8.49. The normalized spacial score (nSPS) is 10.9. The van der Waals surface area contributed by atoms with Crippen molar-refractivity contribution in [1.29, 1.82) is 0 Å². The van der Waals surface area contributed by atoms with Crippen molar-refractivity contribution in [2.45, 2.75) is 39.7 Å². The van der Waals surface area contributed by atoms with Crippen LogP contribution >= 0.6 is 39.1 Å². The average molecular weight is 391 g/mol. The van der Waals surface area contributed by atoms with Crippen molar-refractivity contribution in [3.63, 3.8) is 0 Å². The average Bonchev–Trinajstić information content (AvgIpc) is 2.79. The summed E-state index contributed by atoms with van der Waals surface area (Å²) in [5.74, 6) is 0.944. The summed E-state index contributed by atoms with van der Waals surface area (Å²) in [6, 6.07) is 3.90. The van der Waals surface area contributed by atoms with Crippen LogP contribution in [0.3, 0.4) is 0 Å². The van der Waals surface area contributed by atoms with Crippen molar-refractivity contribution in [2.24, 2.45) is 0 Å². The first-order valence-electron chi connectivity index (χ1n) is 6.94. The van der Waals surface area contributed by atoms with Crippen molar-refractivity contribution in [2.75, 3.05) is 5.32 Å². The molecule has 21 heavy (non-hydrogen) atoms. The number of H-pyrrole nitrogens is 1. The zero-order chi connectivity index (χ0) is 15.4. The third-order valence-electron chi connectivity index (χ3n) is 3.25. The molecule has 114 valence electrons. The van der Waals surface area contributed by atoms with E-state index in [1.54, 1.807) is 0 Å². The molecule has 0 saturated carbocycles. The Hall–Kier alpha value is -0.710. The second-order valence-electron chi connectivity index (χ2n) is 4.99. The lowest BCUT2D eigenvalue weighted by Crippen LogP contribution is -2.01. The van der Waals surface area contributed by atoms with Crippen LogP contribution in [-0.2, 0) is 13.0 Å². The molecular weight excluding hydrogens is 373 g/mol. The first-order chi connectivity index (χ1) is 10.0. The lowest BCUT2D eigenvalue weighted by Gasteiger charge is -2.10. The number of hydrogen-bond acceptors (Lipinski definition) is 2. The summed E-state index contributed by atoms with van der Waals surface area (Å²) in [4.78, 5) is 7.62. The summed E-state index contributed by atoms with van der Waals surface area (Å²) in [5.41, 5.74) is 2.87. The number of aryl methyl sites for hydroxylation is 2. The molecule has 3 nitrogen and oxygen atoms in total. The molecule has 0 aliphatic heterocycles. The molecule has 2 aromatic rings. The summed E-state index contributed by atoms with van der Waals surface area (Å²) < 4.78 is 0.978. The van der Waals surface area contributed by atoms with Crippen molar-refractivity contribution in [3.8, 4) is 0 Å². The predicted octanol–water partition coefficient (Wildman–Crippen LogP) is 5.74. The third-order valence-corrected chi connectivity index (χ3v) is 4.62. The molecule has 2 N–H and O–H groups in total. The van der Waals surface area contributed by atoms with Crippen LogP contribution < -0.4 is 5.32 Å². The number of nitrogens with zero attached hydrogens (tertiary/aromatic N) is 1. The maximum Gasteiger partial charge on any atom is 0.152 e. The van der Waals surface area contributed by atoms with Crippen molar-refractivity contribution >= 4 is 44.8 Å². The van der Waals surface area contributed by atoms with E-state index in [-0.39, 0.29) is 0 Å². The quantitative estimate of drug-likeness (QED) is 0.659. The zero-order valence-corrected chi connectivity index (χ0v) is 15.2. The van der Waals surface area contributed by atoms with Gasteiger partial charge in [-0.3, -0.25) is 0 Å². The maximum atomic E-state index is 6.17. The number of hydrogen-bond donors (Lipinski definition) is 2. The number of imidazole rings is 1.